The van der Waals surface area contributed by atoms with E-state index in [9.17, 15) is 9.90 Å². The number of aliphatic hydroxyl groups excluding tert-OH is 1. The van der Waals surface area contributed by atoms with Crippen molar-refractivity contribution in [2.24, 2.45) is 0 Å². The highest BCUT2D eigenvalue weighted by molar-refractivity contribution is 5.92. The Bertz CT molecular complexity index is 699. The normalized spacial score (nSPS) is 10.8. The maximum absolute atomic E-state index is 12.4. The van der Waals surface area contributed by atoms with Gasteiger partial charge in [-0.15, -0.1) is 0 Å². The van der Waals surface area contributed by atoms with Crippen LogP contribution in [0.15, 0.2) is 54.6 Å². The Hall–Kier alpha value is -2.79. The predicted molar refractivity (Wildman–Crippen MR) is 95.4 cm³/mol. The van der Waals surface area contributed by atoms with E-state index in [1.54, 1.807) is 30.2 Å². The first-order chi connectivity index (χ1) is 11.6. The smallest absolute Gasteiger partial charge is 0.246 e. The fourth-order valence-electron chi connectivity index (χ4n) is 2.32. The summed E-state index contributed by atoms with van der Waals surface area (Å²) in [6.07, 6.45) is 3.19. The first kappa shape index (κ1) is 17.6. The molecule has 0 aliphatic carbocycles. The van der Waals surface area contributed by atoms with Crippen molar-refractivity contribution >= 4 is 17.7 Å². The van der Waals surface area contributed by atoms with Crippen LogP contribution in [-0.2, 0) is 11.3 Å². The lowest BCUT2D eigenvalue weighted by Crippen LogP contribution is -2.31. The summed E-state index contributed by atoms with van der Waals surface area (Å²) in [6.45, 7) is 0.653. The van der Waals surface area contributed by atoms with Gasteiger partial charge in [0.25, 0.3) is 0 Å². The molecule has 3 N–H and O–H groups in total. The number of carbonyl (C=O) groups is 1. The minimum atomic E-state index is -0.165. The van der Waals surface area contributed by atoms with Crippen molar-refractivity contribution in [3.05, 3.63) is 65.7 Å². The third-order valence-electron chi connectivity index (χ3n) is 3.57. The van der Waals surface area contributed by atoms with Crippen molar-refractivity contribution in [2.45, 2.75) is 6.54 Å². The summed E-state index contributed by atoms with van der Waals surface area (Å²) in [5.41, 5.74) is 8.20. The monoisotopic (exact) mass is 326 g/mol. The molecule has 5 nitrogen and oxygen atoms in total. The molecule has 0 bridgehead atoms. The Morgan fingerprint density at radius 1 is 1.25 bits per heavy atom. The molecule has 126 valence electrons. The van der Waals surface area contributed by atoms with Crippen molar-refractivity contribution in [1.82, 2.24) is 4.90 Å². The molecule has 0 saturated heterocycles. The average Bonchev–Trinajstić information content (AvgIpc) is 2.60. The van der Waals surface area contributed by atoms with Crippen LogP contribution in [0.4, 0.5) is 5.69 Å². The maximum atomic E-state index is 12.4. The number of rotatable bonds is 7. The minimum Gasteiger partial charge on any atom is -0.495 e. The molecule has 0 fully saturated rings. The van der Waals surface area contributed by atoms with Crippen LogP contribution in [0.3, 0.4) is 0 Å². The number of aliphatic hydroxyl groups is 1. The maximum Gasteiger partial charge on any atom is 0.246 e. The zero-order chi connectivity index (χ0) is 17.4. The van der Waals surface area contributed by atoms with Gasteiger partial charge in [-0.3, -0.25) is 4.79 Å². The molecule has 2 aromatic rings. The first-order valence-electron chi connectivity index (χ1n) is 7.69. The number of benzene rings is 2. The molecule has 1 amide bonds. The Morgan fingerprint density at radius 3 is 2.62 bits per heavy atom. The Labute approximate surface area is 142 Å². The summed E-state index contributed by atoms with van der Waals surface area (Å²) in [5.74, 6) is 0.437. The van der Waals surface area contributed by atoms with E-state index in [0.717, 1.165) is 11.1 Å². The molecule has 0 spiro atoms. The van der Waals surface area contributed by atoms with E-state index in [-0.39, 0.29) is 19.1 Å². The third kappa shape index (κ3) is 4.86. The SMILES string of the molecule is COc1ccc(/C=C\C(=O)N(CCO)Cc2ccccc2)cc1N. The molecule has 0 aliphatic heterocycles. The van der Waals surface area contributed by atoms with Gasteiger partial charge in [0.05, 0.1) is 19.4 Å². The van der Waals surface area contributed by atoms with Crippen LogP contribution in [0.2, 0.25) is 0 Å². The predicted octanol–water partition coefficient (Wildman–Crippen LogP) is 2.31. The van der Waals surface area contributed by atoms with Crippen LogP contribution in [0, 0.1) is 0 Å². The Morgan fingerprint density at radius 2 is 2.00 bits per heavy atom. The fraction of sp³-hybridized carbons (Fsp3) is 0.211. The largest absolute Gasteiger partial charge is 0.495 e. The number of anilines is 1. The van der Waals surface area contributed by atoms with Gasteiger partial charge in [0.2, 0.25) is 5.91 Å². The summed E-state index contributed by atoms with van der Waals surface area (Å²) >= 11 is 0. The van der Waals surface area contributed by atoms with Crippen LogP contribution in [-0.4, -0.2) is 36.2 Å². The highest BCUT2D eigenvalue weighted by atomic mass is 16.5. The summed E-state index contributed by atoms with van der Waals surface area (Å²) < 4.78 is 5.11. The zero-order valence-corrected chi connectivity index (χ0v) is 13.7. The first-order valence-corrected chi connectivity index (χ1v) is 7.69. The number of amides is 1. The van der Waals surface area contributed by atoms with E-state index in [4.69, 9.17) is 10.5 Å². The van der Waals surface area contributed by atoms with Gasteiger partial charge in [0.1, 0.15) is 5.75 Å². The molecule has 0 unspecified atom stereocenters. The van der Waals surface area contributed by atoms with Crippen molar-refractivity contribution in [2.75, 3.05) is 26.0 Å². The van der Waals surface area contributed by atoms with Crippen molar-refractivity contribution in [1.29, 1.82) is 0 Å². The van der Waals surface area contributed by atoms with E-state index >= 15 is 0 Å². The molecule has 0 atom stereocenters. The molecule has 0 heterocycles. The van der Waals surface area contributed by atoms with E-state index < -0.39 is 0 Å². The number of nitrogens with two attached hydrogens (primary N) is 1. The minimum absolute atomic E-state index is 0.0815. The summed E-state index contributed by atoms with van der Waals surface area (Å²) in [4.78, 5) is 14.0. The Kier molecular flexibility index (Phi) is 6.40. The molecule has 0 aliphatic rings. The molecular weight excluding hydrogens is 304 g/mol. The second-order valence-electron chi connectivity index (χ2n) is 5.30. The van der Waals surface area contributed by atoms with Crippen molar-refractivity contribution < 1.29 is 14.6 Å². The van der Waals surface area contributed by atoms with Crippen LogP contribution in [0.25, 0.3) is 6.08 Å². The Balaban J connectivity index is 2.08. The van der Waals surface area contributed by atoms with Gasteiger partial charge >= 0.3 is 0 Å². The molecule has 24 heavy (non-hydrogen) atoms. The lowest BCUT2D eigenvalue weighted by molar-refractivity contribution is -0.127. The van der Waals surface area contributed by atoms with E-state index in [0.29, 0.717) is 18.0 Å². The highest BCUT2D eigenvalue weighted by Crippen LogP contribution is 2.22. The van der Waals surface area contributed by atoms with E-state index in [1.165, 1.54) is 6.08 Å². The lowest BCUT2D eigenvalue weighted by atomic mass is 10.1. The second-order valence-corrected chi connectivity index (χ2v) is 5.30. The van der Waals surface area contributed by atoms with Gasteiger partial charge in [0.15, 0.2) is 0 Å². The van der Waals surface area contributed by atoms with Crippen LogP contribution in [0.5, 0.6) is 5.75 Å². The molecule has 5 heteroatoms. The summed E-state index contributed by atoms with van der Waals surface area (Å²) in [6, 6.07) is 15.0. The number of hydrogen-bond donors (Lipinski definition) is 2. The molecule has 0 aromatic heterocycles. The summed E-state index contributed by atoms with van der Waals surface area (Å²) in [5, 5.41) is 9.19. The van der Waals surface area contributed by atoms with Crippen molar-refractivity contribution in [3.63, 3.8) is 0 Å². The van der Waals surface area contributed by atoms with Crippen LogP contribution in [0.1, 0.15) is 11.1 Å². The fourth-order valence-corrected chi connectivity index (χ4v) is 2.32. The van der Waals surface area contributed by atoms with Gasteiger partial charge in [0, 0.05) is 19.2 Å². The van der Waals surface area contributed by atoms with Crippen molar-refractivity contribution in [3.8, 4) is 5.75 Å². The lowest BCUT2D eigenvalue weighted by Gasteiger charge is -2.20. The zero-order valence-electron chi connectivity index (χ0n) is 13.7. The van der Waals surface area contributed by atoms with Crippen LogP contribution >= 0.6 is 0 Å². The molecule has 2 aromatic carbocycles. The van der Waals surface area contributed by atoms with Gasteiger partial charge < -0.3 is 20.5 Å². The highest BCUT2D eigenvalue weighted by Gasteiger charge is 2.10. The third-order valence-corrected chi connectivity index (χ3v) is 3.57. The molecule has 2 rings (SSSR count). The van der Waals surface area contributed by atoms with Gasteiger partial charge in [-0.25, -0.2) is 0 Å². The molecule has 0 radical (unpaired) electrons. The summed E-state index contributed by atoms with van der Waals surface area (Å²) in [7, 11) is 1.56. The quantitative estimate of drug-likeness (QED) is 0.605. The number of nitrogens with zero attached hydrogens (tertiary/aromatic N) is 1. The number of ether oxygens (including phenoxy) is 1. The average molecular weight is 326 g/mol. The van der Waals surface area contributed by atoms with E-state index in [2.05, 4.69) is 0 Å². The van der Waals surface area contributed by atoms with Gasteiger partial charge in [-0.2, -0.15) is 0 Å². The topological polar surface area (TPSA) is 75.8 Å². The number of methoxy groups -OCH3 is 1. The molecular formula is C19H22N2O3. The van der Waals surface area contributed by atoms with Gasteiger partial charge in [-0.05, 0) is 29.3 Å². The number of nitrogen functional groups attached to an aromatic ring is 1. The van der Waals surface area contributed by atoms with E-state index in [1.807, 2.05) is 36.4 Å². The van der Waals surface area contributed by atoms with Gasteiger partial charge in [-0.1, -0.05) is 36.4 Å². The standard InChI is InChI=1S/C19H22N2O3/c1-24-18-9-7-15(13-17(18)20)8-10-19(23)21(11-12-22)14-16-5-3-2-4-6-16/h2-10,13,22H,11-12,14,20H2,1H3/b10-8-. The number of carbonyl (C=O) groups excluding carboxylic acids is 1. The second kappa shape index (κ2) is 8.74. The number of hydrogen-bond acceptors (Lipinski definition) is 4. The van der Waals surface area contributed by atoms with Crippen LogP contribution < -0.4 is 10.5 Å². The molecule has 0 saturated carbocycles.